The SMILES string of the molecule is CC1CCc2c(ccc(-c3cnn(C4CCN(CC(=O)OC(C)(C)C)CC4)c3)c2OC2CCC2)N1C(=O)C1CC1. The van der Waals surface area contributed by atoms with Crippen molar-refractivity contribution in [2.75, 3.05) is 24.5 Å². The standard InChI is InChI=1S/C32H44N4O4/c1-21-8-11-27-28(36(21)31(38)22-9-10-22)13-12-26(30(27)39-25-6-5-7-25)23-18-33-35(19-23)24-14-16-34(17-15-24)20-29(37)40-32(2,3)4/h12-13,18-19,21-22,24-25H,5-11,14-17,20H2,1-4H3. The number of esters is 1. The van der Waals surface area contributed by atoms with E-state index in [0.29, 0.717) is 12.6 Å². The average Bonchev–Trinajstić information content (AvgIpc) is 3.62. The van der Waals surface area contributed by atoms with Crippen LogP contribution < -0.4 is 9.64 Å². The Morgan fingerprint density at radius 1 is 1.02 bits per heavy atom. The quantitative estimate of drug-likeness (QED) is 0.423. The Labute approximate surface area is 238 Å². The van der Waals surface area contributed by atoms with Crippen LogP contribution >= 0.6 is 0 Å². The van der Waals surface area contributed by atoms with Crippen LogP contribution in [0.4, 0.5) is 5.69 Å². The average molecular weight is 549 g/mol. The third-order valence-corrected chi connectivity index (χ3v) is 8.87. The molecule has 216 valence electrons. The second-order valence-corrected chi connectivity index (χ2v) is 13.3. The molecule has 0 bridgehead atoms. The number of aromatic nitrogens is 2. The van der Waals surface area contributed by atoms with E-state index >= 15 is 0 Å². The van der Waals surface area contributed by atoms with Gasteiger partial charge in [-0.25, -0.2) is 0 Å². The number of nitrogens with zero attached hydrogens (tertiary/aromatic N) is 4. The lowest BCUT2D eigenvalue weighted by Crippen LogP contribution is -2.43. The molecule has 3 fully saturated rings. The van der Waals surface area contributed by atoms with Gasteiger partial charge in [0.25, 0.3) is 0 Å². The van der Waals surface area contributed by atoms with Gasteiger partial charge in [0, 0.05) is 47.9 Å². The van der Waals surface area contributed by atoms with Crippen LogP contribution in [0.25, 0.3) is 11.1 Å². The lowest BCUT2D eigenvalue weighted by molar-refractivity contribution is -0.156. The van der Waals surface area contributed by atoms with Gasteiger partial charge in [0.1, 0.15) is 11.4 Å². The first-order valence-corrected chi connectivity index (χ1v) is 15.3. The van der Waals surface area contributed by atoms with E-state index in [9.17, 15) is 9.59 Å². The minimum Gasteiger partial charge on any atom is -0.489 e. The molecule has 1 atom stereocenters. The van der Waals surface area contributed by atoms with Gasteiger partial charge in [-0.3, -0.25) is 19.2 Å². The maximum Gasteiger partial charge on any atom is 0.320 e. The van der Waals surface area contributed by atoms with Crippen LogP contribution in [0.15, 0.2) is 24.5 Å². The predicted molar refractivity (Wildman–Crippen MR) is 154 cm³/mol. The molecule has 6 rings (SSSR count). The summed E-state index contributed by atoms with van der Waals surface area (Å²) in [6.45, 7) is 9.91. The summed E-state index contributed by atoms with van der Waals surface area (Å²) in [7, 11) is 0. The molecule has 8 heteroatoms. The van der Waals surface area contributed by atoms with Gasteiger partial charge in [-0.1, -0.05) is 0 Å². The molecule has 1 aromatic carbocycles. The molecule has 40 heavy (non-hydrogen) atoms. The molecule has 4 aliphatic rings. The molecule has 0 radical (unpaired) electrons. The fourth-order valence-corrected chi connectivity index (χ4v) is 6.26. The Balaban J connectivity index is 1.20. The van der Waals surface area contributed by atoms with Gasteiger partial charge < -0.3 is 14.4 Å². The highest BCUT2D eigenvalue weighted by molar-refractivity contribution is 5.99. The Hall–Kier alpha value is -2.87. The van der Waals surface area contributed by atoms with Gasteiger partial charge in [-0.2, -0.15) is 5.10 Å². The molecule has 2 saturated carbocycles. The highest BCUT2D eigenvalue weighted by Crippen LogP contribution is 2.46. The van der Waals surface area contributed by atoms with Gasteiger partial charge in [-0.15, -0.1) is 0 Å². The molecule has 8 nitrogen and oxygen atoms in total. The number of ether oxygens (including phenoxy) is 2. The van der Waals surface area contributed by atoms with E-state index in [-0.39, 0.29) is 29.9 Å². The van der Waals surface area contributed by atoms with Crippen LogP contribution in [0.1, 0.15) is 90.7 Å². The highest BCUT2D eigenvalue weighted by atomic mass is 16.6. The molecular formula is C32H44N4O4. The monoisotopic (exact) mass is 548 g/mol. The van der Waals surface area contributed by atoms with Crippen LogP contribution in [0.5, 0.6) is 5.75 Å². The molecule has 3 heterocycles. The second-order valence-electron chi connectivity index (χ2n) is 13.3. The highest BCUT2D eigenvalue weighted by Gasteiger charge is 2.39. The van der Waals surface area contributed by atoms with E-state index in [4.69, 9.17) is 14.6 Å². The van der Waals surface area contributed by atoms with Crippen molar-refractivity contribution >= 4 is 17.6 Å². The number of hydrogen-bond acceptors (Lipinski definition) is 6. The van der Waals surface area contributed by atoms with Gasteiger partial charge in [0.2, 0.25) is 5.91 Å². The van der Waals surface area contributed by atoms with Crippen molar-refractivity contribution in [3.05, 3.63) is 30.1 Å². The summed E-state index contributed by atoms with van der Waals surface area (Å²) < 4.78 is 14.3. The van der Waals surface area contributed by atoms with Gasteiger partial charge in [0.05, 0.1) is 30.6 Å². The number of piperidine rings is 1. The normalized spacial score (nSPS) is 22.5. The van der Waals surface area contributed by atoms with E-state index in [1.165, 1.54) is 12.0 Å². The van der Waals surface area contributed by atoms with Crippen molar-refractivity contribution in [3.8, 4) is 16.9 Å². The van der Waals surface area contributed by atoms with Crippen LogP contribution in [0, 0.1) is 5.92 Å². The number of anilines is 1. The smallest absolute Gasteiger partial charge is 0.320 e. The molecule has 1 aromatic heterocycles. The number of likely N-dealkylation sites (tertiary alicyclic amines) is 1. The van der Waals surface area contributed by atoms with Crippen LogP contribution in [0.2, 0.25) is 0 Å². The third-order valence-electron chi connectivity index (χ3n) is 8.87. The Morgan fingerprint density at radius 3 is 2.42 bits per heavy atom. The zero-order valence-corrected chi connectivity index (χ0v) is 24.5. The number of benzene rings is 1. The fourth-order valence-electron chi connectivity index (χ4n) is 6.26. The molecule has 0 N–H and O–H groups in total. The van der Waals surface area contributed by atoms with Gasteiger partial charge in [0.15, 0.2) is 0 Å². The Bertz CT molecular complexity index is 1250. The third kappa shape index (κ3) is 5.78. The van der Waals surface area contributed by atoms with Gasteiger partial charge in [-0.05, 0) is 97.6 Å². The van der Waals surface area contributed by atoms with Crippen molar-refractivity contribution < 1.29 is 19.1 Å². The summed E-state index contributed by atoms with van der Waals surface area (Å²) in [5, 5.41) is 4.79. The van der Waals surface area contributed by atoms with Crippen molar-refractivity contribution in [2.24, 2.45) is 5.92 Å². The van der Waals surface area contributed by atoms with Crippen molar-refractivity contribution in [1.29, 1.82) is 0 Å². The minimum atomic E-state index is -0.456. The Morgan fingerprint density at radius 2 is 1.77 bits per heavy atom. The molecule has 2 aliphatic heterocycles. The zero-order valence-electron chi connectivity index (χ0n) is 24.5. The van der Waals surface area contributed by atoms with Crippen molar-refractivity contribution in [3.63, 3.8) is 0 Å². The number of amides is 1. The van der Waals surface area contributed by atoms with Crippen LogP contribution in [0.3, 0.4) is 0 Å². The van der Waals surface area contributed by atoms with Gasteiger partial charge >= 0.3 is 5.97 Å². The fraction of sp³-hybridized carbons (Fsp3) is 0.656. The molecule has 2 aromatic rings. The maximum absolute atomic E-state index is 13.3. The summed E-state index contributed by atoms with van der Waals surface area (Å²) in [5.41, 5.74) is 3.90. The summed E-state index contributed by atoms with van der Waals surface area (Å²) in [6.07, 6.45) is 13.5. The molecule has 1 unspecified atom stereocenters. The predicted octanol–water partition coefficient (Wildman–Crippen LogP) is 5.54. The first kappa shape index (κ1) is 27.3. The van der Waals surface area contributed by atoms with E-state index in [1.54, 1.807) is 0 Å². The second kappa shape index (κ2) is 10.8. The first-order valence-electron chi connectivity index (χ1n) is 15.3. The van der Waals surface area contributed by atoms with Crippen LogP contribution in [-0.2, 0) is 20.7 Å². The lowest BCUT2D eigenvalue weighted by atomic mass is 9.91. The zero-order chi connectivity index (χ0) is 28.0. The van der Waals surface area contributed by atoms with Crippen molar-refractivity contribution in [2.45, 2.75) is 109 Å². The maximum atomic E-state index is 13.3. The largest absolute Gasteiger partial charge is 0.489 e. The number of carbonyl (C=O) groups is 2. The summed E-state index contributed by atoms with van der Waals surface area (Å²) in [6, 6.07) is 4.79. The summed E-state index contributed by atoms with van der Waals surface area (Å²) in [4.78, 5) is 29.8. The lowest BCUT2D eigenvalue weighted by Gasteiger charge is -2.38. The molecular weight excluding hydrogens is 504 g/mol. The number of fused-ring (bicyclic) bond motifs is 1. The Kier molecular flexibility index (Phi) is 7.40. The molecule has 1 amide bonds. The minimum absolute atomic E-state index is 0.162. The number of carbonyl (C=O) groups excluding carboxylic acids is 2. The molecule has 2 aliphatic carbocycles. The van der Waals surface area contributed by atoms with Crippen LogP contribution in [-0.4, -0.2) is 63.9 Å². The summed E-state index contributed by atoms with van der Waals surface area (Å²) in [5.74, 6) is 1.26. The van der Waals surface area contributed by atoms with E-state index in [0.717, 1.165) is 87.0 Å². The first-order chi connectivity index (χ1) is 19.2. The van der Waals surface area contributed by atoms with E-state index in [1.807, 2.05) is 27.0 Å². The number of hydrogen-bond donors (Lipinski definition) is 0. The van der Waals surface area contributed by atoms with Crippen molar-refractivity contribution in [1.82, 2.24) is 14.7 Å². The van der Waals surface area contributed by atoms with E-state index in [2.05, 4.69) is 39.7 Å². The van der Waals surface area contributed by atoms with E-state index < -0.39 is 5.60 Å². The topological polar surface area (TPSA) is 76.9 Å². The molecule has 1 saturated heterocycles. The number of rotatable bonds is 7. The molecule has 0 spiro atoms. The summed E-state index contributed by atoms with van der Waals surface area (Å²) >= 11 is 0.